The van der Waals surface area contributed by atoms with Crippen LogP contribution < -0.4 is 4.90 Å². The number of hydrogen-bond donors (Lipinski definition) is 0. The molecule has 3 heterocycles. The Morgan fingerprint density at radius 1 is 1.14 bits per heavy atom. The summed E-state index contributed by atoms with van der Waals surface area (Å²) in [5.74, 6) is 0.458. The van der Waals surface area contributed by atoms with Crippen molar-refractivity contribution < 1.29 is 22.7 Å². The fraction of sp³-hybridized carbons (Fsp3) is 0.632. The third-order valence-electron chi connectivity index (χ3n) is 5.31. The molecule has 2 aliphatic heterocycles. The number of anilines is 1. The molecule has 2 saturated heterocycles. The van der Waals surface area contributed by atoms with E-state index in [2.05, 4.69) is 4.98 Å². The Morgan fingerprint density at radius 3 is 2.25 bits per heavy atom. The second-order valence-corrected chi connectivity index (χ2v) is 10.6. The Kier molecular flexibility index (Phi) is 5.16. The predicted molar refractivity (Wildman–Crippen MR) is 104 cm³/mol. The number of carbonyl (C=O) groups is 2. The van der Waals surface area contributed by atoms with Crippen LogP contribution in [0.5, 0.6) is 0 Å². The summed E-state index contributed by atoms with van der Waals surface area (Å²) in [5, 5.41) is 0. The highest BCUT2D eigenvalue weighted by atomic mass is 32.2. The first kappa shape index (κ1) is 20.6. The van der Waals surface area contributed by atoms with Crippen molar-refractivity contribution in [2.24, 2.45) is 5.41 Å². The topological polar surface area (TPSA) is 96.9 Å². The molecule has 28 heavy (non-hydrogen) atoms. The summed E-state index contributed by atoms with van der Waals surface area (Å²) in [6, 6.07) is 3.05. The van der Waals surface area contributed by atoms with Crippen molar-refractivity contribution in [3.8, 4) is 0 Å². The lowest BCUT2D eigenvalue weighted by atomic mass is 9.77. The van der Waals surface area contributed by atoms with Gasteiger partial charge in [0.2, 0.25) is 5.91 Å². The first-order valence-electron chi connectivity index (χ1n) is 9.37. The van der Waals surface area contributed by atoms with Crippen molar-refractivity contribution in [2.45, 2.75) is 50.5 Å². The second kappa shape index (κ2) is 7.02. The van der Waals surface area contributed by atoms with Gasteiger partial charge in [0.05, 0.1) is 10.3 Å². The van der Waals surface area contributed by atoms with Crippen LogP contribution in [0.25, 0.3) is 0 Å². The maximum Gasteiger partial charge on any atom is 0.410 e. The molecular formula is C19H27N3O5S. The number of nitrogens with zero attached hydrogens (tertiary/aromatic N) is 3. The van der Waals surface area contributed by atoms with Crippen molar-refractivity contribution in [1.29, 1.82) is 0 Å². The molecule has 0 saturated carbocycles. The van der Waals surface area contributed by atoms with Gasteiger partial charge in [-0.1, -0.05) is 0 Å². The number of carbonyl (C=O) groups excluding carboxylic acids is 2. The largest absolute Gasteiger partial charge is 0.444 e. The number of amides is 2. The quantitative estimate of drug-likeness (QED) is 0.743. The van der Waals surface area contributed by atoms with Gasteiger partial charge in [-0.3, -0.25) is 9.69 Å². The summed E-state index contributed by atoms with van der Waals surface area (Å²) in [5.41, 5.74) is -1.04. The minimum atomic E-state index is -3.33. The van der Waals surface area contributed by atoms with Gasteiger partial charge in [0.15, 0.2) is 9.84 Å². The lowest BCUT2D eigenvalue weighted by molar-refractivity contribution is -0.128. The van der Waals surface area contributed by atoms with Gasteiger partial charge in [0.25, 0.3) is 0 Å². The molecule has 0 atom stereocenters. The van der Waals surface area contributed by atoms with E-state index in [1.807, 2.05) is 20.8 Å². The molecule has 8 nitrogen and oxygen atoms in total. The smallest absolute Gasteiger partial charge is 0.410 e. The molecule has 154 valence electrons. The average molecular weight is 410 g/mol. The molecule has 2 amide bonds. The number of piperidine rings is 1. The van der Waals surface area contributed by atoms with Gasteiger partial charge >= 0.3 is 6.09 Å². The minimum absolute atomic E-state index is 0.00376. The molecule has 3 rings (SSSR count). The van der Waals surface area contributed by atoms with E-state index in [-0.39, 0.29) is 16.9 Å². The van der Waals surface area contributed by atoms with Crippen LogP contribution in [0.3, 0.4) is 0 Å². The van der Waals surface area contributed by atoms with Gasteiger partial charge in [-0.15, -0.1) is 0 Å². The molecule has 1 aromatic rings. The molecule has 2 fully saturated rings. The lowest BCUT2D eigenvalue weighted by Gasteiger charge is -2.38. The van der Waals surface area contributed by atoms with E-state index < -0.39 is 20.9 Å². The van der Waals surface area contributed by atoms with Gasteiger partial charge in [-0.25, -0.2) is 18.2 Å². The van der Waals surface area contributed by atoms with Crippen LogP contribution in [-0.4, -0.2) is 61.8 Å². The van der Waals surface area contributed by atoms with Gasteiger partial charge in [0, 0.05) is 32.1 Å². The fourth-order valence-electron chi connectivity index (χ4n) is 3.70. The van der Waals surface area contributed by atoms with Crippen molar-refractivity contribution in [3.63, 3.8) is 0 Å². The summed E-state index contributed by atoms with van der Waals surface area (Å²) >= 11 is 0. The summed E-state index contributed by atoms with van der Waals surface area (Å²) in [6.45, 7) is 6.99. The van der Waals surface area contributed by atoms with E-state index in [0.29, 0.717) is 44.7 Å². The van der Waals surface area contributed by atoms with Crippen LogP contribution in [0.1, 0.15) is 40.0 Å². The van der Waals surface area contributed by atoms with Crippen molar-refractivity contribution >= 4 is 27.7 Å². The van der Waals surface area contributed by atoms with E-state index in [1.54, 1.807) is 15.9 Å². The Labute approximate surface area is 165 Å². The van der Waals surface area contributed by atoms with Crippen LogP contribution in [0.2, 0.25) is 0 Å². The molecule has 0 N–H and O–H groups in total. The fourth-order valence-corrected chi connectivity index (χ4v) is 4.26. The van der Waals surface area contributed by atoms with Crippen LogP contribution in [-0.2, 0) is 19.4 Å². The van der Waals surface area contributed by atoms with E-state index in [4.69, 9.17) is 4.74 Å². The zero-order valence-corrected chi connectivity index (χ0v) is 17.6. The maximum absolute atomic E-state index is 13.1. The van der Waals surface area contributed by atoms with E-state index >= 15 is 0 Å². The Balaban J connectivity index is 1.67. The van der Waals surface area contributed by atoms with Gasteiger partial charge < -0.3 is 9.64 Å². The minimum Gasteiger partial charge on any atom is -0.444 e. The summed E-state index contributed by atoms with van der Waals surface area (Å²) in [4.78, 5) is 32.9. The van der Waals surface area contributed by atoms with Crippen LogP contribution in [0.15, 0.2) is 23.2 Å². The first-order chi connectivity index (χ1) is 12.9. The number of aromatic nitrogens is 1. The Morgan fingerprint density at radius 2 is 1.75 bits per heavy atom. The SMILES string of the molecule is CC(C)(C)OC(=O)N1CCC2(CC1)CCN(c1ccc(S(C)(=O)=O)cn1)C2=O. The highest BCUT2D eigenvalue weighted by Gasteiger charge is 2.49. The molecule has 0 aromatic carbocycles. The summed E-state index contributed by atoms with van der Waals surface area (Å²) < 4.78 is 28.6. The van der Waals surface area contributed by atoms with Crippen molar-refractivity contribution in [3.05, 3.63) is 18.3 Å². The number of rotatable bonds is 2. The Bertz CT molecular complexity index is 866. The van der Waals surface area contributed by atoms with E-state index in [9.17, 15) is 18.0 Å². The number of hydrogen-bond acceptors (Lipinski definition) is 6. The van der Waals surface area contributed by atoms with Crippen molar-refractivity contribution in [2.75, 3.05) is 30.8 Å². The average Bonchev–Trinajstić information content (AvgIpc) is 2.90. The van der Waals surface area contributed by atoms with Crippen molar-refractivity contribution in [1.82, 2.24) is 9.88 Å². The zero-order valence-electron chi connectivity index (χ0n) is 16.8. The molecule has 2 aliphatic rings. The lowest BCUT2D eigenvalue weighted by Crippen LogP contribution is -2.48. The molecule has 0 bridgehead atoms. The van der Waals surface area contributed by atoms with Crippen LogP contribution >= 0.6 is 0 Å². The normalized spacial score (nSPS) is 19.9. The molecule has 0 radical (unpaired) electrons. The van der Waals surface area contributed by atoms with Crippen LogP contribution in [0, 0.1) is 5.41 Å². The van der Waals surface area contributed by atoms with Crippen LogP contribution in [0.4, 0.5) is 10.6 Å². The molecule has 1 spiro atoms. The zero-order chi connectivity index (χ0) is 20.7. The molecule has 0 aliphatic carbocycles. The molecular weight excluding hydrogens is 382 g/mol. The highest BCUT2D eigenvalue weighted by molar-refractivity contribution is 7.90. The monoisotopic (exact) mass is 409 g/mol. The molecule has 1 aromatic heterocycles. The third kappa shape index (κ3) is 4.14. The number of sulfone groups is 1. The second-order valence-electron chi connectivity index (χ2n) is 8.58. The summed E-state index contributed by atoms with van der Waals surface area (Å²) in [6.07, 6.45) is 3.93. The van der Waals surface area contributed by atoms with E-state index in [0.717, 1.165) is 6.26 Å². The molecule has 0 unspecified atom stereocenters. The maximum atomic E-state index is 13.1. The standard InChI is InChI=1S/C19H27N3O5S/c1-18(2,3)27-17(24)21-10-7-19(8-11-21)9-12-22(16(19)23)15-6-5-14(13-20-15)28(4,25)26/h5-6,13H,7-12H2,1-4H3. The van der Waals surface area contributed by atoms with Gasteiger partial charge in [0.1, 0.15) is 11.4 Å². The highest BCUT2D eigenvalue weighted by Crippen LogP contribution is 2.43. The third-order valence-corrected chi connectivity index (χ3v) is 6.41. The van der Waals surface area contributed by atoms with Gasteiger partial charge in [-0.2, -0.15) is 0 Å². The summed E-state index contributed by atoms with van der Waals surface area (Å²) in [7, 11) is -3.33. The Hall–Kier alpha value is -2.16. The predicted octanol–water partition coefficient (Wildman–Crippen LogP) is 2.24. The number of ether oxygens (including phenoxy) is 1. The van der Waals surface area contributed by atoms with E-state index in [1.165, 1.54) is 12.3 Å². The first-order valence-corrected chi connectivity index (χ1v) is 11.3. The van der Waals surface area contributed by atoms with Gasteiger partial charge in [-0.05, 0) is 52.2 Å². The number of pyridine rings is 1. The number of likely N-dealkylation sites (tertiary alicyclic amines) is 1. The molecule has 9 heteroatoms.